The Morgan fingerprint density at radius 3 is 2.35 bits per heavy atom. The lowest BCUT2D eigenvalue weighted by Gasteiger charge is -2.35. The number of carbonyl (C=O) groups is 1. The zero-order valence-corrected chi connectivity index (χ0v) is 17.5. The van der Waals surface area contributed by atoms with Gasteiger partial charge in [-0.1, -0.05) is 18.2 Å². The molecule has 1 saturated heterocycles. The van der Waals surface area contributed by atoms with Crippen LogP contribution in [-0.2, 0) is 22.7 Å². The molecule has 0 saturated carbocycles. The van der Waals surface area contributed by atoms with E-state index in [1.807, 2.05) is 4.90 Å². The number of rotatable bonds is 5. The smallest absolute Gasteiger partial charge is 0.416 e. The lowest BCUT2D eigenvalue weighted by Crippen LogP contribution is -2.48. The first-order valence-corrected chi connectivity index (χ1v) is 10.9. The van der Waals surface area contributed by atoms with Crippen molar-refractivity contribution in [2.24, 2.45) is 5.14 Å². The molecule has 1 fully saturated rings. The van der Waals surface area contributed by atoms with E-state index in [-0.39, 0.29) is 16.2 Å². The van der Waals surface area contributed by atoms with Crippen LogP contribution in [0.25, 0.3) is 0 Å². The molecule has 1 aliphatic heterocycles. The van der Waals surface area contributed by atoms with E-state index in [1.165, 1.54) is 31.4 Å². The topological polar surface area (TPSA) is 92.9 Å². The Balaban J connectivity index is 1.68. The van der Waals surface area contributed by atoms with Gasteiger partial charge in [-0.15, -0.1) is 0 Å². The highest BCUT2D eigenvalue weighted by molar-refractivity contribution is 7.89. The summed E-state index contributed by atoms with van der Waals surface area (Å²) < 4.78 is 67.1. The first kappa shape index (κ1) is 23.0. The summed E-state index contributed by atoms with van der Waals surface area (Å²) in [5, 5.41) is 5.15. The van der Waals surface area contributed by atoms with Crippen molar-refractivity contribution in [3.8, 4) is 5.75 Å². The zero-order valence-electron chi connectivity index (χ0n) is 16.7. The molecular formula is C20H22F3N3O4S. The van der Waals surface area contributed by atoms with Crippen LogP contribution in [0.1, 0.15) is 21.5 Å². The molecule has 11 heteroatoms. The van der Waals surface area contributed by atoms with Crippen LogP contribution in [-0.4, -0.2) is 57.4 Å². The molecule has 3 rings (SSSR count). The Bertz CT molecular complexity index is 1070. The number of hydrogen-bond donors (Lipinski definition) is 1. The maximum atomic E-state index is 12.9. The number of halogens is 3. The molecule has 1 heterocycles. The molecule has 1 aliphatic rings. The number of hydrogen-bond acceptors (Lipinski definition) is 5. The first-order valence-electron chi connectivity index (χ1n) is 9.37. The summed E-state index contributed by atoms with van der Waals surface area (Å²) in [5.74, 6) is -0.176. The number of methoxy groups -OCH3 is 1. The van der Waals surface area contributed by atoms with Gasteiger partial charge in [-0.25, -0.2) is 13.6 Å². The second kappa shape index (κ2) is 8.85. The van der Waals surface area contributed by atoms with Crippen molar-refractivity contribution < 1.29 is 31.1 Å². The van der Waals surface area contributed by atoms with Crippen LogP contribution in [0, 0.1) is 0 Å². The largest absolute Gasteiger partial charge is 0.496 e. The van der Waals surface area contributed by atoms with E-state index in [1.54, 1.807) is 11.0 Å². The van der Waals surface area contributed by atoms with Crippen LogP contribution in [0.5, 0.6) is 5.75 Å². The predicted octanol–water partition coefficient (Wildman–Crippen LogP) is 2.32. The maximum Gasteiger partial charge on any atom is 0.416 e. The fraction of sp³-hybridized carbons (Fsp3) is 0.350. The second-order valence-corrected chi connectivity index (χ2v) is 8.74. The van der Waals surface area contributed by atoms with Crippen molar-refractivity contribution >= 4 is 15.9 Å². The number of amides is 1. The summed E-state index contributed by atoms with van der Waals surface area (Å²) in [4.78, 5) is 16.3. The van der Waals surface area contributed by atoms with Crippen LogP contribution in [0.3, 0.4) is 0 Å². The molecule has 0 aliphatic carbocycles. The number of benzene rings is 2. The monoisotopic (exact) mass is 457 g/mol. The quantitative estimate of drug-likeness (QED) is 0.744. The summed E-state index contributed by atoms with van der Waals surface area (Å²) in [6, 6.07) is 8.99. The molecule has 2 aromatic rings. The molecule has 2 N–H and O–H groups in total. The fourth-order valence-corrected chi connectivity index (χ4v) is 3.95. The van der Waals surface area contributed by atoms with Gasteiger partial charge in [0.1, 0.15) is 5.75 Å². The van der Waals surface area contributed by atoms with E-state index in [2.05, 4.69) is 0 Å². The van der Waals surface area contributed by atoms with E-state index < -0.39 is 27.7 Å². The number of nitrogens with zero attached hydrogens (tertiary/aromatic N) is 2. The van der Waals surface area contributed by atoms with E-state index in [0.29, 0.717) is 38.3 Å². The molecule has 0 bridgehead atoms. The molecule has 2 aromatic carbocycles. The average Bonchev–Trinajstić information content (AvgIpc) is 2.72. The van der Waals surface area contributed by atoms with Gasteiger partial charge in [0.15, 0.2) is 0 Å². The molecule has 0 unspecified atom stereocenters. The van der Waals surface area contributed by atoms with E-state index in [4.69, 9.17) is 9.88 Å². The summed E-state index contributed by atoms with van der Waals surface area (Å²) in [7, 11) is -2.62. The lowest BCUT2D eigenvalue weighted by molar-refractivity contribution is -0.137. The number of alkyl halides is 3. The fourth-order valence-electron chi connectivity index (χ4n) is 3.41. The van der Waals surface area contributed by atoms with Crippen LogP contribution in [0.15, 0.2) is 47.4 Å². The summed E-state index contributed by atoms with van der Waals surface area (Å²) in [6.45, 7) is 1.91. The highest BCUT2D eigenvalue weighted by Gasteiger charge is 2.31. The molecule has 31 heavy (non-hydrogen) atoms. The number of sulfonamides is 1. The standard InChI is InChI=1S/C20H22F3N3O4S/c1-30-18-6-5-16(31(24,28)29)12-17(18)19(27)26-9-7-25(8-10-26)13-14-3-2-4-15(11-14)20(21,22)23/h2-6,11-12H,7-10,13H2,1H3,(H2,24,28,29). The normalized spacial score (nSPS) is 15.7. The predicted molar refractivity (Wildman–Crippen MR) is 107 cm³/mol. The Hall–Kier alpha value is -2.63. The van der Waals surface area contributed by atoms with E-state index in [9.17, 15) is 26.4 Å². The maximum absolute atomic E-state index is 12.9. The van der Waals surface area contributed by atoms with Gasteiger partial charge in [0.25, 0.3) is 5.91 Å². The molecule has 0 spiro atoms. The minimum atomic E-state index is -4.40. The van der Waals surface area contributed by atoms with Gasteiger partial charge >= 0.3 is 6.18 Å². The van der Waals surface area contributed by atoms with Crippen molar-refractivity contribution in [2.75, 3.05) is 33.3 Å². The Morgan fingerprint density at radius 2 is 1.77 bits per heavy atom. The van der Waals surface area contributed by atoms with Gasteiger partial charge in [-0.2, -0.15) is 13.2 Å². The van der Waals surface area contributed by atoms with E-state index >= 15 is 0 Å². The second-order valence-electron chi connectivity index (χ2n) is 7.17. The van der Waals surface area contributed by atoms with Gasteiger partial charge in [0.2, 0.25) is 10.0 Å². The molecular weight excluding hydrogens is 435 g/mol. The number of primary sulfonamides is 1. The number of carbonyl (C=O) groups excluding carboxylic acids is 1. The highest BCUT2D eigenvalue weighted by atomic mass is 32.2. The van der Waals surface area contributed by atoms with Crippen molar-refractivity contribution in [3.05, 3.63) is 59.2 Å². The molecule has 7 nitrogen and oxygen atoms in total. The molecule has 0 aromatic heterocycles. The molecule has 168 valence electrons. The van der Waals surface area contributed by atoms with Gasteiger partial charge in [-0.3, -0.25) is 9.69 Å². The minimum Gasteiger partial charge on any atom is -0.496 e. The van der Waals surface area contributed by atoms with Crippen molar-refractivity contribution in [1.82, 2.24) is 9.80 Å². The van der Waals surface area contributed by atoms with Crippen LogP contribution >= 0.6 is 0 Å². The SMILES string of the molecule is COc1ccc(S(N)(=O)=O)cc1C(=O)N1CCN(Cc2cccc(C(F)(F)F)c2)CC1. The number of nitrogens with two attached hydrogens (primary N) is 1. The van der Waals surface area contributed by atoms with Crippen LogP contribution in [0.4, 0.5) is 13.2 Å². The average molecular weight is 457 g/mol. The van der Waals surface area contributed by atoms with Crippen LogP contribution in [0.2, 0.25) is 0 Å². The van der Waals surface area contributed by atoms with Gasteiger partial charge in [-0.05, 0) is 29.8 Å². The molecule has 1 amide bonds. The zero-order chi connectivity index (χ0) is 22.8. The van der Waals surface area contributed by atoms with Gasteiger partial charge in [0.05, 0.1) is 23.1 Å². The Morgan fingerprint density at radius 1 is 1.10 bits per heavy atom. The third kappa shape index (κ3) is 5.54. The van der Waals surface area contributed by atoms with Crippen molar-refractivity contribution in [1.29, 1.82) is 0 Å². The summed E-state index contributed by atoms with van der Waals surface area (Å²) in [5.41, 5.74) is -0.0712. The Kier molecular flexibility index (Phi) is 6.58. The number of ether oxygens (including phenoxy) is 1. The summed E-state index contributed by atoms with van der Waals surface area (Å²) >= 11 is 0. The Labute approximate surface area is 178 Å². The highest BCUT2D eigenvalue weighted by Crippen LogP contribution is 2.30. The minimum absolute atomic E-state index is 0.0837. The van der Waals surface area contributed by atoms with Crippen molar-refractivity contribution in [3.63, 3.8) is 0 Å². The first-order chi connectivity index (χ1) is 14.5. The van der Waals surface area contributed by atoms with Gasteiger partial charge < -0.3 is 9.64 Å². The van der Waals surface area contributed by atoms with E-state index in [0.717, 1.165) is 12.1 Å². The molecule has 0 radical (unpaired) electrons. The van der Waals surface area contributed by atoms with Gasteiger partial charge in [0, 0.05) is 32.7 Å². The van der Waals surface area contributed by atoms with Crippen LogP contribution < -0.4 is 9.88 Å². The lowest BCUT2D eigenvalue weighted by atomic mass is 10.1. The third-order valence-electron chi connectivity index (χ3n) is 5.05. The van der Waals surface area contributed by atoms with Crippen molar-refractivity contribution in [2.45, 2.75) is 17.6 Å². The third-order valence-corrected chi connectivity index (χ3v) is 5.96. The number of piperazine rings is 1. The molecule has 0 atom stereocenters. The summed E-state index contributed by atoms with van der Waals surface area (Å²) in [6.07, 6.45) is -4.40.